The van der Waals surface area contributed by atoms with Crippen LogP contribution in [0.25, 0.3) is 11.1 Å². The molecule has 3 rings (SSSR count). The van der Waals surface area contributed by atoms with Crippen molar-refractivity contribution in [2.24, 2.45) is 0 Å². The van der Waals surface area contributed by atoms with Gasteiger partial charge >= 0.3 is 18.9 Å². The molecule has 0 bridgehead atoms. The van der Waals surface area contributed by atoms with Crippen molar-refractivity contribution < 1.29 is 4.79 Å². The van der Waals surface area contributed by atoms with Gasteiger partial charge in [-0.1, -0.05) is 83.9 Å². The fraction of sp³-hybridized carbons (Fsp3) is 0. The first-order chi connectivity index (χ1) is 11.2. The summed E-state index contributed by atoms with van der Waals surface area (Å²) in [5.41, 5.74) is 2.50. The Morgan fingerprint density at radius 1 is 0.750 bits per heavy atom. The van der Waals surface area contributed by atoms with E-state index < -0.39 is 0 Å². The number of hydrogen-bond donors (Lipinski definition) is 0. The van der Waals surface area contributed by atoms with E-state index in [1.807, 2.05) is 54.6 Å². The fourth-order valence-electron chi connectivity index (χ4n) is 2.36. The molecule has 0 heterocycles. The third kappa shape index (κ3) is 4.31. The number of halogens is 2. The molecule has 0 spiro atoms. The standard InChI is InChI=1S/C19H13Cl2OP.Li.H/c20-15-10-6-11-16(21)18(15)19(22)23-17-12-5-4-9-14(17)13-7-2-1-3-8-13;;/h1-12,23H;;. The predicted octanol–water partition coefficient (Wildman–Crippen LogP) is 5.16. The average Bonchev–Trinajstić information content (AvgIpc) is 2.56. The average molecular weight is 367 g/mol. The maximum atomic E-state index is 12.7. The second-order valence-electron chi connectivity index (χ2n) is 4.96. The van der Waals surface area contributed by atoms with Gasteiger partial charge in [0.15, 0.2) is 5.52 Å². The van der Waals surface area contributed by atoms with Gasteiger partial charge < -0.3 is 0 Å². The summed E-state index contributed by atoms with van der Waals surface area (Å²) in [4.78, 5) is 12.7. The van der Waals surface area contributed by atoms with E-state index in [0.29, 0.717) is 15.6 Å². The van der Waals surface area contributed by atoms with Gasteiger partial charge in [-0.3, -0.25) is 4.79 Å². The summed E-state index contributed by atoms with van der Waals surface area (Å²) in [6.07, 6.45) is 0. The summed E-state index contributed by atoms with van der Waals surface area (Å²) in [7, 11) is -0.0350. The molecule has 116 valence electrons. The monoisotopic (exact) mass is 366 g/mol. The first kappa shape index (κ1) is 19.3. The van der Waals surface area contributed by atoms with Crippen LogP contribution < -0.4 is 5.30 Å². The molecule has 1 nitrogen and oxygen atoms in total. The van der Waals surface area contributed by atoms with Gasteiger partial charge in [-0.15, -0.1) is 0 Å². The van der Waals surface area contributed by atoms with Crippen LogP contribution in [0.4, 0.5) is 0 Å². The van der Waals surface area contributed by atoms with Gasteiger partial charge in [-0.05, 0) is 37.1 Å². The summed E-state index contributed by atoms with van der Waals surface area (Å²) in [6.45, 7) is 0. The van der Waals surface area contributed by atoms with Crippen LogP contribution in [0.5, 0.6) is 0 Å². The van der Waals surface area contributed by atoms with Crippen LogP contribution in [0.3, 0.4) is 0 Å². The molecule has 3 aromatic rings. The molecular weight excluding hydrogens is 353 g/mol. The van der Waals surface area contributed by atoms with E-state index >= 15 is 0 Å². The second-order valence-corrected chi connectivity index (χ2v) is 7.02. The molecule has 3 aromatic carbocycles. The molecular formula is C19H14Cl2LiOP. The molecule has 0 aliphatic rings. The Morgan fingerprint density at radius 2 is 1.33 bits per heavy atom. The molecule has 0 radical (unpaired) electrons. The van der Waals surface area contributed by atoms with Crippen molar-refractivity contribution in [3.8, 4) is 11.1 Å². The normalized spacial score (nSPS) is 10.6. The van der Waals surface area contributed by atoms with E-state index in [9.17, 15) is 4.79 Å². The Labute approximate surface area is 165 Å². The number of carbonyl (C=O) groups excluding carboxylic acids is 1. The van der Waals surface area contributed by atoms with Crippen LogP contribution in [0.2, 0.25) is 10.0 Å². The predicted molar refractivity (Wildman–Crippen MR) is 108 cm³/mol. The van der Waals surface area contributed by atoms with Crippen molar-refractivity contribution in [3.05, 3.63) is 88.4 Å². The van der Waals surface area contributed by atoms with E-state index in [4.69, 9.17) is 23.2 Å². The van der Waals surface area contributed by atoms with Crippen LogP contribution in [-0.2, 0) is 0 Å². The number of carbonyl (C=O) groups is 1. The Hall–Kier alpha value is -1.06. The van der Waals surface area contributed by atoms with Gasteiger partial charge in [0.05, 0.1) is 15.6 Å². The van der Waals surface area contributed by atoms with Crippen molar-refractivity contribution in [1.82, 2.24) is 0 Å². The Kier molecular flexibility index (Phi) is 7.12. The zero-order valence-corrected chi connectivity index (χ0v) is 14.6. The van der Waals surface area contributed by atoms with E-state index in [0.717, 1.165) is 16.4 Å². The number of hydrogen-bond acceptors (Lipinski definition) is 1. The zero-order valence-electron chi connectivity index (χ0n) is 12.1. The second kappa shape index (κ2) is 8.86. The number of rotatable bonds is 4. The molecule has 24 heavy (non-hydrogen) atoms. The molecule has 0 N–H and O–H groups in total. The van der Waals surface area contributed by atoms with E-state index in [2.05, 4.69) is 0 Å². The fourth-order valence-corrected chi connectivity index (χ4v) is 4.27. The van der Waals surface area contributed by atoms with Gasteiger partial charge in [0.2, 0.25) is 0 Å². The van der Waals surface area contributed by atoms with Crippen LogP contribution in [0.15, 0.2) is 72.8 Å². The molecule has 0 amide bonds. The van der Waals surface area contributed by atoms with Crippen molar-refractivity contribution >= 4 is 61.5 Å². The zero-order chi connectivity index (χ0) is 16.2. The van der Waals surface area contributed by atoms with Gasteiger partial charge in [-0.2, -0.15) is 0 Å². The number of benzene rings is 3. The topological polar surface area (TPSA) is 17.1 Å². The summed E-state index contributed by atoms with van der Waals surface area (Å²) in [5.74, 6) is 0. The molecule has 0 aliphatic heterocycles. The molecule has 0 saturated carbocycles. The molecule has 0 aliphatic carbocycles. The van der Waals surface area contributed by atoms with E-state index in [-0.39, 0.29) is 33.0 Å². The Morgan fingerprint density at radius 3 is 2.00 bits per heavy atom. The van der Waals surface area contributed by atoms with Crippen molar-refractivity contribution in [1.29, 1.82) is 0 Å². The summed E-state index contributed by atoms with van der Waals surface area (Å²) in [5, 5.41) is 1.78. The molecule has 1 atom stereocenters. The minimum absolute atomic E-state index is 0. The molecule has 1 unspecified atom stereocenters. The summed E-state index contributed by atoms with van der Waals surface area (Å²) in [6, 6.07) is 23.1. The minimum atomic E-state index is -0.0519. The van der Waals surface area contributed by atoms with E-state index in [1.165, 1.54) is 0 Å². The van der Waals surface area contributed by atoms with Gasteiger partial charge in [-0.25, -0.2) is 0 Å². The first-order valence-corrected chi connectivity index (χ1v) is 8.82. The van der Waals surface area contributed by atoms with Crippen LogP contribution in [0.1, 0.15) is 10.4 Å². The molecule has 0 fully saturated rings. The third-order valence-corrected chi connectivity index (χ3v) is 5.26. The molecule has 0 aromatic heterocycles. The van der Waals surface area contributed by atoms with Crippen LogP contribution >= 0.6 is 31.8 Å². The summed E-state index contributed by atoms with van der Waals surface area (Å²) < 4.78 is 0. The Bertz CT molecular complexity index is 833. The third-order valence-electron chi connectivity index (χ3n) is 3.45. The first-order valence-electron chi connectivity index (χ1n) is 7.06. The summed E-state index contributed by atoms with van der Waals surface area (Å²) >= 11 is 12.3. The molecule has 0 saturated heterocycles. The quantitative estimate of drug-likeness (QED) is 0.460. The SMILES string of the molecule is O=C(Pc1ccccc1-c1ccccc1)c1c(Cl)cccc1Cl.[LiH]. The van der Waals surface area contributed by atoms with Crippen molar-refractivity contribution in [2.75, 3.05) is 0 Å². The van der Waals surface area contributed by atoms with Crippen molar-refractivity contribution in [2.45, 2.75) is 0 Å². The van der Waals surface area contributed by atoms with Gasteiger partial charge in [0.1, 0.15) is 0 Å². The Balaban J connectivity index is 0.00000208. The van der Waals surface area contributed by atoms with Crippen molar-refractivity contribution in [3.63, 3.8) is 0 Å². The maximum absolute atomic E-state index is 12.7. The molecule has 5 heteroatoms. The van der Waals surface area contributed by atoms with Crippen LogP contribution in [0, 0.1) is 0 Å². The van der Waals surface area contributed by atoms with Crippen LogP contribution in [-0.4, -0.2) is 24.4 Å². The van der Waals surface area contributed by atoms with Gasteiger partial charge in [0, 0.05) is 0 Å². The van der Waals surface area contributed by atoms with E-state index in [1.54, 1.807) is 18.2 Å². The van der Waals surface area contributed by atoms with Gasteiger partial charge in [0.25, 0.3) is 0 Å².